The van der Waals surface area contributed by atoms with E-state index in [0.717, 1.165) is 5.56 Å². The van der Waals surface area contributed by atoms with Gasteiger partial charge < -0.3 is 15.4 Å². The average molecular weight is 257 g/mol. The van der Waals surface area contributed by atoms with Gasteiger partial charge in [0.15, 0.2) is 0 Å². The number of hydrogen-bond donors (Lipinski definition) is 3. The molecule has 1 aromatic carbocycles. The summed E-state index contributed by atoms with van der Waals surface area (Å²) in [5, 5.41) is 9.10. The summed E-state index contributed by atoms with van der Waals surface area (Å²) in [6.07, 6.45) is 0. The molecule has 4 N–H and O–H groups in total. The molecule has 1 aromatic rings. The molecule has 94 valence electrons. The minimum atomic E-state index is -2.67. The van der Waals surface area contributed by atoms with Crippen LogP contribution in [0.4, 0.5) is 0 Å². The summed E-state index contributed by atoms with van der Waals surface area (Å²) in [4.78, 5) is 11.2. The molecule has 17 heavy (non-hydrogen) atoms. The molecule has 0 aliphatic heterocycles. The molecule has 0 bridgehead atoms. The average Bonchev–Trinajstić information content (AvgIpc) is 2.28. The van der Waals surface area contributed by atoms with E-state index in [0.29, 0.717) is 12.1 Å². The lowest BCUT2D eigenvalue weighted by Crippen LogP contribution is -2.47. The second-order valence-corrected chi connectivity index (χ2v) is 4.34. The van der Waals surface area contributed by atoms with E-state index in [9.17, 15) is 13.6 Å². The van der Waals surface area contributed by atoms with Gasteiger partial charge in [0.05, 0.1) is 0 Å². The second kappa shape index (κ2) is 5.37. The smallest absolute Gasteiger partial charge is 0.329 e. The van der Waals surface area contributed by atoms with Gasteiger partial charge >= 0.3 is 5.97 Å². The second-order valence-electron chi connectivity index (χ2n) is 3.67. The van der Waals surface area contributed by atoms with Gasteiger partial charge in [-0.2, -0.15) is 0 Å². The number of carboxylic acids is 1. The topological polar surface area (TPSA) is 115 Å². The quantitative estimate of drug-likeness (QED) is 0.633. The van der Waals surface area contributed by atoms with Crippen LogP contribution in [0.5, 0.6) is 0 Å². The van der Waals surface area contributed by atoms with Crippen molar-refractivity contribution in [2.45, 2.75) is 19.0 Å². The zero-order valence-electron chi connectivity index (χ0n) is 9.17. The van der Waals surface area contributed by atoms with Crippen molar-refractivity contribution < 1.29 is 18.7 Å². The Hall–Kier alpha value is -1.28. The number of hydrogen-bond acceptors (Lipinski definition) is 4. The lowest BCUT2D eigenvalue weighted by atomic mass is 9.92. The van der Waals surface area contributed by atoms with Crippen molar-refractivity contribution in [1.82, 2.24) is 4.72 Å². The molecule has 2 unspecified atom stereocenters. The van der Waals surface area contributed by atoms with Crippen molar-refractivity contribution in [1.29, 1.82) is 0 Å². The van der Waals surface area contributed by atoms with E-state index in [1.807, 2.05) is 4.72 Å². The lowest BCUT2D eigenvalue weighted by Gasteiger charge is -2.27. The molecule has 0 saturated heterocycles. The summed E-state index contributed by atoms with van der Waals surface area (Å²) in [6, 6.07) is 6.39. The number of nitrogens with one attached hydrogen (secondary N) is 1. The molecule has 0 saturated carbocycles. The minimum Gasteiger partial charge on any atom is -0.760 e. The first-order chi connectivity index (χ1) is 7.90. The van der Waals surface area contributed by atoms with Gasteiger partial charge in [0.25, 0.3) is 0 Å². The molecule has 0 amide bonds. The number of aliphatic carboxylic acids is 1. The molecule has 0 heterocycles. The highest BCUT2D eigenvalue weighted by atomic mass is 32.2. The molecule has 6 nitrogen and oxygen atoms in total. The Morgan fingerprint density at radius 3 is 2.41 bits per heavy atom. The first-order valence-electron chi connectivity index (χ1n) is 4.80. The lowest BCUT2D eigenvalue weighted by molar-refractivity contribution is -0.143. The van der Waals surface area contributed by atoms with E-state index in [2.05, 4.69) is 0 Å². The Labute approximate surface area is 101 Å². The maximum Gasteiger partial charge on any atom is 0.329 e. The Bertz CT molecular complexity index is 434. The van der Waals surface area contributed by atoms with Crippen LogP contribution in [0.15, 0.2) is 24.3 Å². The third-order valence-electron chi connectivity index (χ3n) is 2.48. The van der Waals surface area contributed by atoms with Crippen LogP contribution >= 0.6 is 0 Å². The maximum atomic E-state index is 11.2. The Balaban J connectivity index is 3.13. The standard InChI is InChI=1S/C10H14N2O4S/c1-10(9(13)14,12-17(15)16)8-4-2-7(6-11)3-5-8/h2-5,12H,6,11H2,1H3,(H,13,14)(H,15,16)/p-1. The number of benzene rings is 1. The summed E-state index contributed by atoms with van der Waals surface area (Å²) in [7, 11) is 0. The summed E-state index contributed by atoms with van der Waals surface area (Å²) in [5.41, 5.74) is 4.92. The van der Waals surface area contributed by atoms with Crippen molar-refractivity contribution >= 4 is 17.2 Å². The molecule has 0 aliphatic rings. The van der Waals surface area contributed by atoms with E-state index < -0.39 is 22.8 Å². The van der Waals surface area contributed by atoms with Crippen molar-refractivity contribution in [2.75, 3.05) is 0 Å². The van der Waals surface area contributed by atoms with Crippen LogP contribution in [-0.4, -0.2) is 19.8 Å². The first kappa shape index (κ1) is 13.8. The highest BCUT2D eigenvalue weighted by molar-refractivity contribution is 7.77. The van der Waals surface area contributed by atoms with Crippen LogP contribution < -0.4 is 10.5 Å². The van der Waals surface area contributed by atoms with Crippen LogP contribution in [0.2, 0.25) is 0 Å². The highest BCUT2D eigenvalue weighted by Crippen LogP contribution is 2.22. The predicted molar refractivity (Wildman–Crippen MR) is 61.4 cm³/mol. The van der Waals surface area contributed by atoms with Crippen molar-refractivity contribution in [3.8, 4) is 0 Å². The Morgan fingerprint density at radius 1 is 1.53 bits per heavy atom. The van der Waals surface area contributed by atoms with E-state index in [1.165, 1.54) is 19.1 Å². The largest absolute Gasteiger partial charge is 0.760 e. The van der Waals surface area contributed by atoms with Crippen LogP contribution in [0.1, 0.15) is 18.1 Å². The van der Waals surface area contributed by atoms with Crippen LogP contribution in [0.25, 0.3) is 0 Å². The molecule has 7 heteroatoms. The van der Waals surface area contributed by atoms with Crippen molar-refractivity contribution in [3.63, 3.8) is 0 Å². The molecule has 0 radical (unpaired) electrons. The molecule has 0 aliphatic carbocycles. The van der Waals surface area contributed by atoms with Gasteiger partial charge in [-0.3, -0.25) is 4.21 Å². The number of rotatable bonds is 5. The van der Waals surface area contributed by atoms with E-state index in [-0.39, 0.29) is 0 Å². The molecule has 1 rings (SSSR count). The third kappa shape index (κ3) is 3.10. The van der Waals surface area contributed by atoms with Gasteiger partial charge in [-0.15, -0.1) is 0 Å². The van der Waals surface area contributed by atoms with E-state index in [1.54, 1.807) is 12.1 Å². The summed E-state index contributed by atoms with van der Waals surface area (Å²) < 4.78 is 23.2. The molecular weight excluding hydrogens is 244 g/mol. The molecular formula is C10H13N2O4S-. The molecule has 0 aromatic heterocycles. The fourth-order valence-electron chi connectivity index (χ4n) is 1.37. The van der Waals surface area contributed by atoms with Crippen LogP contribution in [0.3, 0.4) is 0 Å². The zero-order chi connectivity index (χ0) is 13.1. The van der Waals surface area contributed by atoms with Gasteiger partial charge in [-0.25, -0.2) is 9.52 Å². The van der Waals surface area contributed by atoms with Gasteiger partial charge in [0.1, 0.15) is 5.54 Å². The summed E-state index contributed by atoms with van der Waals surface area (Å²) >= 11 is -2.67. The normalized spacial score (nSPS) is 16.2. The molecule has 0 fully saturated rings. The fourth-order valence-corrected chi connectivity index (χ4v) is 1.91. The van der Waals surface area contributed by atoms with Gasteiger partial charge in [0, 0.05) is 17.8 Å². The highest BCUT2D eigenvalue weighted by Gasteiger charge is 2.35. The van der Waals surface area contributed by atoms with Gasteiger partial charge in [-0.05, 0) is 18.1 Å². The monoisotopic (exact) mass is 257 g/mol. The van der Waals surface area contributed by atoms with Gasteiger partial charge in [-0.1, -0.05) is 24.3 Å². The molecule has 0 spiro atoms. The number of nitrogens with two attached hydrogens (primary N) is 1. The number of carbonyl (C=O) groups is 1. The van der Waals surface area contributed by atoms with Gasteiger partial charge in [0.2, 0.25) is 0 Å². The number of carboxylic acid groups (broad SMARTS) is 1. The van der Waals surface area contributed by atoms with Crippen LogP contribution in [-0.2, 0) is 28.1 Å². The third-order valence-corrected chi connectivity index (χ3v) is 3.06. The van der Waals surface area contributed by atoms with E-state index in [4.69, 9.17) is 10.8 Å². The maximum absolute atomic E-state index is 11.2. The first-order valence-corrected chi connectivity index (χ1v) is 5.87. The Kier molecular flexibility index (Phi) is 4.35. The molecule has 2 atom stereocenters. The zero-order valence-corrected chi connectivity index (χ0v) is 9.99. The predicted octanol–water partition coefficient (Wildman–Crippen LogP) is -0.171. The minimum absolute atomic E-state index is 0.338. The fraction of sp³-hybridized carbons (Fsp3) is 0.300. The summed E-state index contributed by atoms with van der Waals surface area (Å²) in [5.74, 6) is -1.28. The Morgan fingerprint density at radius 2 is 2.06 bits per heavy atom. The summed E-state index contributed by atoms with van der Waals surface area (Å²) in [6.45, 7) is 1.62. The SMILES string of the molecule is CC(NS(=O)[O-])(C(=O)O)c1ccc(CN)cc1. The van der Waals surface area contributed by atoms with Crippen LogP contribution in [0, 0.1) is 0 Å². The van der Waals surface area contributed by atoms with E-state index >= 15 is 0 Å². The van der Waals surface area contributed by atoms with Crippen molar-refractivity contribution in [3.05, 3.63) is 35.4 Å². The van der Waals surface area contributed by atoms with Crippen molar-refractivity contribution in [2.24, 2.45) is 5.73 Å².